The van der Waals surface area contributed by atoms with Crippen LogP contribution in [0.5, 0.6) is 0 Å². The molecule has 0 amide bonds. The topological polar surface area (TPSA) is 78.9 Å². The molecule has 0 aromatic heterocycles. The predicted molar refractivity (Wildman–Crippen MR) is 330 cm³/mol. The molecular formula is C70H128O6. The van der Waals surface area contributed by atoms with Crippen molar-refractivity contribution in [2.24, 2.45) is 0 Å². The molecule has 0 aliphatic heterocycles. The van der Waals surface area contributed by atoms with Crippen LogP contribution in [0, 0.1) is 0 Å². The summed E-state index contributed by atoms with van der Waals surface area (Å²) in [6.45, 7) is 6.67. The van der Waals surface area contributed by atoms with E-state index in [0.717, 1.165) is 70.6 Å². The molecular weight excluding hydrogens is 937 g/mol. The fourth-order valence-electron chi connectivity index (χ4n) is 9.98. The summed E-state index contributed by atoms with van der Waals surface area (Å²) in [5, 5.41) is 0. The number of carbonyl (C=O) groups is 3. The molecule has 0 aliphatic rings. The Morgan fingerprint density at radius 1 is 0.263 bits per heavy atom. The van der Waals surface area contributed by atoms with E-state index in [9.17, 15) is 14.4 Å². The quantitative estimate of drug-likeness (QED) is 0.0261. The Hall–Kier alpha value is -2.63. The average Bonchev–Trinajstić information content (AvgIpc) is 3.42. The number of hydrogen-bond acceptors (Lipinski definition) is 6. The zero-order valence-corrected chi connectivity index (χ0v) is 51.0. The van der Waals surface area contributed by atoms with E-state index in [2.05, 4.69) is 69.4 Å². The standard InChI is InChI=1S/C70H128O6/c1-4-7-10-13-16-19-22-25-27-29-31-32-33-34-35-36-37-38-40-41-43-45-48-51-54-57-60-63-69(72)75-66-67(65-74-68(71)62-59-56-53-50-47-24-21-18-15-12-9-6-3)76-70(73)64-61-58-55-52-49-46-44-42-39-30-28-26-23-20-17-14-11-8-5-2/h22,25-26,28-29,31,33-34,67H,4-21,23-24,27,30,32,35-66H2,1-3H3/b25-22-,28-26-,31-29-,34-33-. The van der Waals surface area contributed by atoms with Crippen molar-refractivity contribution in [2.75, 3.05) is 13.2 Å². The predicted octanol–water partition coefficient (Wildman–Crippen LogP) is 22.9. The lowest BCUT2D eigenvalue weighted by molar-refractivity contribution is -0.167. The van der Waals surface area contributed by atoms with Crippen molar-refractivity contribution in [3.8, 4) is 0 Å². The van der Waals surface area contributed by atoms with Crippen LogP contribution in [0.3, 0.4) is 0 Å². The molecule has 1 atom stereocenters. The van der Waals surface area contributed by atoms with Crippen LogP contribution in [0.4, 0.5) is 0 Å². The van der Waals surface area contributed by atoms with E-state index < -0.39 is 6.10 Å². The summed E-state index contributed by atoms with van der Waals surface area (Å²) in [6, 6.07) is 0. The van der Waals surface area contributed by atoms with Gasteiger partial charge in [-0.1, -0.05) is 307 Å². The number of esters is 3. The second-order valence-electron chi connectivity index (χ2n) is 22.7. The van der Waals surface area contributed by atoms with Crippen molar-refractivity contribution in [3.05, 3.63) is 48.6 Å². The summed E-state index contributed by atoms with van der Waals surface area (Å²) in [4.78, 5) is 38.3. The maximum Gasteiger partial charge on any atom is 0.306 e. The molecule has 6 nitrogen and oxygen atoms in total. The molecule has 0 spiro atoms. The molecule has 0 N–H and O–H groups in total. The minimum Gasteiger partial charge on any atom is -0.462 e. The maximum atomic E-state index is 12.9. The smallest absolute Gasteiger partial charge is 0.306 e. The van der Waals surface area contributed by atoms with Gasteiger partial charge in [-0.05, 0) is 83.5 Å². The highest BCUT2D eigenvalue weighted by atomic mass is 16.6. The monoisotopic (exact) mass is 1060 g/mol. The van der Waals surface area contributed by atoms with Gasteiger partial charge >= 0.3 is 17.9 Å². The summed E-state index contributed by atoms with van der Waals surface area (Å²) >= 11 is 0. The Labute approximate surface area is 473 Å². The van der Waals surface area contributed by atoms with Gasteiger partial charge in [0.15, 0.2) is 6.10 Å². The Balaban J connectivity index is 4.23. The van der Waals surface area contributed by atoms with E-state index in [4.69, 9.17) is 14.2 Å². The van der Waals surface area contributed by atoms with Crippen LogP contribution in [0.15, 0.2) is 48.6 Å². The van der Waals surface area contributed by atoms with Gasteiger partial charge in [0.1, 0.15) is 13.2 Å². The molecule has 0 aromatic carbocycles. The molecule has 0 aliphatic carbocycles. The van der Waals surface area contributed by atoms with E-state index in [-0.39, 0.29) is 31.1 Å². The SMILES string of the molecule is CCCCCCC/C=C\C/C=C\C/C=C\CCCCCCCCCCCCCCC(=O)OCC(COC(=O)CCCCCCCCCCCCCC)OC(=O)CCCCCCCCCCC/C=C\CCCCCCCC. The number of carbonyl (C=O) groups excluding carboxylic acids is 3. The molecule has 0 fully saturated rings. The first-order chi connectivity index (χ1) is 37.5. The summed E-state index contributed by atoms with van der Waals surface area (Å²) in [5.41, 5.74) is 0. The van der Waals surface area contributed by atoms with Crippen molar-refractivity contribution in [1.82, 2.24) is 0 Å². The van der Waals surface area contributed by atoms with Crippen molar-refractivity contribution in [1.29, 1.82) is 0 Å². The first-order valence-corrected chi connectivity index (χ1v) is 33.6. The molecule has 0 aromatic rings. The first-order valence-electron chi connectivity index (χ1n) is 33.6. The molecule has 0 bridgehead atoms. The van der Waals surface area contributed by atoms with E-state index in [1.165, 1.54) is 250 Å². The number of hydrogen-bond donors (Lipinski definition) is 0. The number of unbranched alkanes of at least 4 members (excludes halogenated alkanes) is 43. The van der Waals surface area contributed by atoms with Crippen LogP contribution in [0.1, 0.15) is 361 Å². The van der Waals surface area contributed by atoms with Crippen LogP contribution >= 0.6 is 0 Å². The molecule has 0 saturated carbocycles. The third-order valence-electron chi connectivity index (χ3n) is 15.1. The zero-order valence-electron chi connectivity index (χ0n) is 51.0. The lowest BCUT2D eigenvalue weighted by Crippen LogP contribution is -2.30. The number of ether oxygens (including phenoxy) is 3. The van der Waals surface area contributed by atoms with Gasteiger partial charge in [-0.25, -0.2) is 0 Å². The van der Waals surface area contributed by atoms with Crippen LogP contribution < -0.4 is 0 Å². The molecule has 0 rings (SSSR count). The van der Waals surface area contributed by atoms with E-state index in [1.807, 2.05) is 0 Å². The van der Waals surface area contributed by atoms with Crippen LogP contribution in [0.25, 0.3) is 0 Å². The van der Waals surface area contributed by atoms with E-state index >= 15 is 0 Å². The molecule has 76 heavy (non-hydrogen) atoms. The zero-order chi connectivity index (χ0) is 55.0. The van der Waals surface area contributed by atoms with Gasteiger partial charge in [-0.15, -0.1) is 0 Å². The third-order valence-corrected chi connectivity index (χ3v) is 15.1. The highest BCUT2D eigenvalue weighted by Crippen LogP contribution is 2.17. The fraction of sp³-hybridized carbons (Fsp3) is 0.843. The summed E-state index contributed by atoms with van der Waals surface area (Å²) in [7, 11) is 0. The second-order valence-corrected chi connectivity index (χ2v) is 22.7. The lowest BCUT2D eigenvalue weighted by atomic mass is 10.0. The molecule has 6 heteroatoms. The Morgan fingerprint density at radius 3 is 0.750 bits per heavy atom. The fourth-order valence-corrected chi connectivity index (χ4v) is 9.98. The lowest BCUT2D eigenvalue weighted by Gasteiger charge is -2.18. The van der Waals surface area contributed by atoms with Gasteiger partial charge in [-0.2, -0.15) is 0 Å². The van der Waals surface area contributed by atoms with Crippen LogP contribution in [-0.2, 0) is 28.6 Å². The van der Waals surface area contributed by atoms with Gasteiger partial charge in [0.25, 0.3) is 0 Å². The largest absolute Gasteiger partial charge is 0.462 e. The van der Waals surface area contributed by atoms with Crippen LogP contribution in [0.2, 0.25) is 0 Å². The van der Waals surface area contributed by atoms with Crippen molar-refractivity contribution < 1.29 is 28.6 Å². The summed E-state index contributed by atoms with van der Waals surface area (Å²) in [6.07, 6.45) is 81.2. The normalized spacial score (nSPS) is 12.3. The number of allylic oxidation sites excluding steroid dienone is 8. The molecule has 0 saturated heterocycles. The Kier molecular flexibility index (Phi) is 62.6. The van der Waals surface area contributed by atoms with Gasteiger partial charge in [0.2, 0.25) is 0 Å². The summed E-state index contributed by atoms with van der Waals surface area (Å²) < 4.78 is 17.0. The maximum absolute atomic E-state index is 12.9. The third kappa shape index (κ3) is 62.2. The van der Waals surface area contributed by atoms with Crippen molar-refractivity contribution in [3.63, 3.8) is 0 Å². The van der Waals surface area contributed by atoms with Gasteiger partial charge in [0.05, 0.1) is 0 Å². The van der Waals surface area contributed by atoms with Crippen molar-refractivity contribution >= 4 is 17.9 Å². The summed E-state index contributed by atoms with van der Waals surface area (Å²) in [5.74, 6) is -0.852. The number of rotatable bonds is 62. The van der Waals surface area contributed by atoms with Gasteiger partial charge < -0.3 is 14.2 Å². The minimum atomic E-state index is -0.773. The van der Waals surface area contributed by atoms with Gasteiger partial charge in [-0.3, -0.25) is 14.4 Å². The average molecular weight is 1070 g/mol. The first kappa shape index (κ1) is 73.4. The van der Waals surface area contributed by atoms with E-state index in [0.29, 0.717) is 19.3 Å². The highest BCUT2D eigenvalue weighted by molar-refractivity contribution is 5.71. The van der Waals surface area contributed by atoms with Crippen molar-refractivity contribution in [2.45, 2.75) is 367 Å². The Morgan fingerprint density at radius 2 is 0.474 bits per heavy atom. The minimum absolute atomic E-state index is 0.0700. The molecule has 0 radical (unpaired) electrons. The second kappa shape index (κ2) is 64.9. The van der Waals surface area contributed by atoms with Crippen LogP contribution in [-0.4, -0.2) is 37.2 Å². The molecule has 0 heterocycles. The highest BCUT2D eigenvalue weighted by Gasteiger charge is 2.19. The van der Waals surface area contributed by atoms with E-state index in [1.54, 1.807) is 0 Å². The van der Waals surface area contributed by atoms with Gasteiger partial charge in [0, 0.05) is 19.3 Å². The Bertz CT molecular complexity index is 1310. The molecule has 444 valence electrons. The molecule has 1 unspecified atom stereocenters.